The molecule has 4 aromatic rings. The first-order chi connectivity index (χ1) is 18.4. The molecule has 0 unspecified atom stereocenters. The van der Waals surface area contributed by atoms with Gasteiger partial charge in [-0.05, 0) is 38.0 Å². The Morgan fingerprint density at radius 1 is 1.11 bits per heavy atom. The maximum atomic E-state index is 15.2. The molecule has 38 heavy (non-hydrogen) atoms. The van der Waals surface area contributed by atoms with Gasteiger partial charge in [-0.2, -0.15) is 0 Å². The van der Waals surface area contributed by atoms with Crippen LogP contribution in [-0.4, -0.2) is 69.1 Å². The number of ether oxygens (including phenoxy) is 1. The molecule has 0 aliphatic carbocycles. The summed E-state index contributed by atoms with van der Waals surface area (Å²) < 4.78 is 37.2. The van der Waals surface area contributed by atoms with Crippen LogP contribution in [0.2, 0.25) is 0 Å². The van der Waals surface area contributed by atoms with Crippen molar-refractivity contribution in [3.05, 3.63) is 60.3 Å². The minimum atomic E-state index is -0.645. The van der Waals surface area contributed by atoms with Gasteiger partial charge in [-0.25, -0.2) is 28.7 Å². The lowest BCUT2D eigenvalue weighted by molar-refractivity contribution is 0.0827. The van der Waals surface area contributed by atoms with Crippen molar-refractivity contribution >= 4 is 34.4 Å². The van der Waals surface area contributed by atoms with E-state index in [1.54, 1.807) is 26.5 Å². The van der Waals surface area contributed by atoms with Gasteiger partial charge in [0.1, 0.15) is 23.6 Å². The number of aromatic nitrogens is 5. The predicted octanol–water partition coefficient (Wildman–Crippen LogP) is 4.19. The minimum absolute atomic E-state index is 0.0109. The lowest BCUT2D eigenvalue weighted by atomic mass is 10.1. The Morgan fingerprint density at radius 2 is 1.84 bits per heavy atom. The molecule has 0 spiro atoms. The monoisotopic (exact) mass is 522 g/mol. The number of hydrogen-bond acceptors (Lipinski definition) is 8. The summed E-state index contributed by atoms with van der Waals surface area (Å²) in [7, 11) is 3.18. The molecule has 1 aliphatic rings. The molecular weight excluding hydrogens is 494 g/mol. The van der Waals surface area contributed by atoms with E-state index >= 15 is 4.39 Å². The number of nitrogens with zero attached hydrogens (tertiary/aromatic N) is 7. The fourth-order valence-electron chi connectivity index (χ4n) is 4.61. The molecule has 1 N–H and O–H groups in total. The van der Waals surface area contributed by atoms with Crippen molar-refractivity contribution in [2.75, 3.05) is 44.0 Å². The SMILES string of the molecule is CCOc1cnc(N2CCC(n3cc(F)c4c(Nc5ccc(C(=O)N(C)C)cc5F)ncnc43)CC2)nc1. The molecule has 0 bridgehead atoms. The molecule has 10 nitrogen and oxygen atoms in total. The quantitative estimate of drug-likeness (QED) is 0.386. The molecule has 1 saturated heterocycles. The lowest BCUT2D eigenvalue weighted by Crippen LogP contribution is -2.35. The van der Waals surface area contributed by atoms with Gasteiger partial charge in [0.25, 0.3) is 5.91 Å². The second kappa shape index (κ2) is 10.6. The summed E-state index contributed by atoms with van der Waals surface area (Å²) in [6.07, 6.45) is 7.55. The third-order valence-electron chi connectivity index (χ3n) is 6.50. The zero-order valence-corrected chi connectivity index (χ0v) is 21.4. The Bertz CT molecular complexity index is 1450. The van der Waals surface area contributed by atoms with Crippen LogP contribution in [0.25, 0.3) is 11.0 Å². The van der Waals surface area contributed by atoms with Gasteiger partial charge in [-0.3, -0.25) is 4.79 Å². The van der Waals surface area contributed by atoms with Crippen molar-refractivity contribution < 1.29 is 18.3 Å². The van der Waals surface area contributed by atoms with Crippen molar-refractivity contribution in [3.63, 3.8) is 0 Å². The van der Waals surface area contributed by atoms with Crippen LogP contribution in [0.1, 0.15) is 36.2 Å². The third kappa shape index (κ3) is 4.93. The van der Waals surface area contributed by atoms with E-state index in [9.17, 15) is 9.18 Å². The number of rotatable bonds is 7. The normalized spacial score (nSPS) is 14.1. The standard InChI is InChI=1S/C26H28F2N8O2/c1-4-38-18-12-29-26(30-13-18)35-9-7-17(8-10-35)36-14-20(28)22-23(31-15-32-24(22)36)33-21-6-5-16(11-19(21)27)25(37)34(2)3/h5-6,11-15,17H,4,7-10H2,1-3H3,(H,31,32,33). The highest BCUT2D eigenvalue weighted by molar-refractivity contribution is 5.95. The number of anilines is 3. The first-order valence-corrected chi connectivity index (χ1v) is 12.3. The molecule has 1 fully saturated rings. The molecule has 12 heteroatoms. The van der Waals surface area contributed by atoms with Crippen LogP contribution in [0.4, 0.5) is 26.2 Å². The fraction of sp³-hybridized carbons (Fsp3) is 0.346. The number of halogens is 2. The van der Waals surface area contributed by atoms with Crippen LogP contribution in [-0.2, 0) is 0 Å². The number of fused-ring (bicyclic) bond motifs is 1. The Hall–Kier alpha value is -4.35. The summed E-state index contributed by atoms with van der Waals surface area (Å²) in [6.45, 7) is 3.84. The third-order valence-corrected chi connectivity index (χ3v) is 6.50. The van der Waals surface area contributed by atoms with Crippen molar-refractivity contribution in [3.8, 4) is 5.75 Å². The number of benzene rings is 1. The molecular formula is C26H28F2N8O2. The smallest absolute Gasteiger partial charge is 0.253 e. The van der Waals surface area contributed by atoms with Crippen LogP contribution < -0.4 is 15.0 Å². The van der Waals surface area contributed by atoms with Crippen LogP contribution in [0.5, 0.6) is 5.75 Å². The minimum Gasteiger partial charge on any atom is -0.491 e. The van der Waals surface area contributed by atoms with Crippen molar-refractivity contribution in [1.29, 1.82) is 0 Å². The van der Waals surface area contributed by atoms with Gasteiger partial charge >= 0.3 is 0 Å². The average Bonchev–Trinajstić information content (AvgIpc) is 3.27. The van der Waals surface area contributed by atoms with E-state index in [2.05, 4.69) is 30.2 Å². The Balaban J connectivity index is 1.34. The van der Waals surface area contributed by atoms with Crippen molar-refractivity contribution in [2.45, 2.75) is 25.8 Å². The first kappa shape index (κ1) is 25.3. The summed E-state index contributed by atoms with van der Waals surface area (Å²) in [6, 6.07) is 4.10. The van der Waals surface area contributed by atoms with Crippen LogP contribution in [0.15, 0.2) is 43.1 Å². The van der Waals surface area contributed by atoms with Gasteiger partial charge in [0.2, 0.25) is 5.95 Å². The van der Waals surface area contributed by atoms with Crippen LogP contribution in [0.3, 0.4) is 0 Å². The van der Waals surface area contributed by atoms with E-state index in [4.69, 9.17) is 4.74 Å². The van der Waals surface area contributed by atoms with E-state index < -0.39 is 11.6 Å². The van der Waals surface area contributed by atoms with Crippen LogP contribution in [0, 0.1) is 11.6 Å². The summed E-state index contributed by atoms with van der Waals surface area (Å²) in [5, 5.41) is 3.05. The molecule has 5 rings (SSSR count). The molecule has 0 saturated carbocycles. The van der Waals surface area contributed by atoms with E-state index in [1.807, 2.05) is 11.5 Å². The van der Waals surface area contributed by atoms with E-state index in [-0.39, 0.29) is 34.4 Å². The Morgan fingerprint density at radius 3 is 2.50 bits per heavy atom. The zero-order chi connectivity index (χ0) is 26.8. The molecule has 3 aromatic heterocycles. The van der Waals surface area contributed by atoms with Crippen molar-refractivity contribution in [1.82, 2.24) is 29.4 Å². The van der Waals surface area contributed by atoms with Gasteiger partial charge in [0, 0.05) is 45.0 Å². The Kier molecular flexibility index (Phi) is 7.03. The second-order valence-corrected chi connectivity index (χ2v) is 9.19. The summed E-state index contributed by atoms with van der Waals surface area (Å²) in [4.78, 5) is 32.9. The van der Waals surface area contributed by atoms with Gasteiger partial charge in [-0.1, -0.05) is 0 Å². The number of piperidine rings is 1. The average molecular weight is 523 g/mol. The van der Waals surface area contributed by atoms with Gasteiger partial charge < -0.3 is 24.4 Å². The molecule has 0 atom stereocenters. The number of hydrogen-bond donors (Lipinski definition) is 1. The van der Waals surface area contributed by atoms with E-state index in [0.29, 0.717) is 37.0 Å². The maximum Gasteiger partial charge on any atom is 0.253 e. The largest absolute Gasteiger partial charge is 0.491 e. The molecule has 1 aliphatic heterocycles. The van der Waals surface area contributed by atoms with Crippen molar-refractivity contribution in [2.24, 2.45) is 0 Å². The van der Waals surface area contributed by atoms with Gasteiger partial charge in [-0.15, -0.1) is 0 Å². The second-order valence-electron chi connectivity index (χ2n) is 9.19. The molecule has 4 heterocycles. The number of amides is 1. The summed E-state index contributed by atoms with van der Waals surface area (Å²) >= 11 is 0. The van der Waals surface area contributed by atoms with Crippen LogP contribution >= 0.6 is 0 Å². The summed E-state index contributed by atoms with van der Waals surface area (Å²) in [5.41, 5.74) is 0.719. The molecule has 198 valence electrons. The topological polar surface area (TPSA) is 101 Å². The van der Waals surface area contributed by atoms with E-state index in [1.165, 1.54) is 29.6 Å². The lowest BCUT2D eigenvalue weighted by Gasteiger charge is -2.32. The van der Waals surface area contributed by atoms with E-state index in [0.717, 1.165) is 18.9 Å². The fourth-order valence-corrected chi connectivity index (χ4v) is 4.61. The number of carbonyl (C=O) groups excluding carboxylic acids is 1. The van der Waals surface area contributed by atoms with Gasteiger partial charge in [0.05, 0.1) is 30.1 Å². The highest BCUT2D eigenvalue weighted by Gasteiger charge is 2.26. The predicted molar refractivity (Wildman–Crippen MR) is 139 cm³/mol. The molecule has 0 radical (unpaired) electrons. The zero-order valence-electron chi connectivity index (χ0n) is 21.4. The highest BCUT2D eigenvalue weighted by atomic mass is 19.1. The first-order valence-electron chi connectivity index (χ1n) is 12.3. The Labute approximate surface area is 218 Å². The molecule has 1 amide bonds. The maximum absolute atomic E-state index is 15.2. The van der Waals surface area contributed by atoms with Gasteiger partial charge in [0.15, 0.2) is 11.6 Å². The highest BCUT2D eigenvalue weighted by Crippen LogP contribution is 2.33. The molecule has 1 aromatic carbocycles. The summed E-state index contributed by atoms with van der Waals surface area (Å²) in [5.74, 6) is -0.0550. The number of nitrogens with one attached hydrogen (secondary N) is 1. The number of carbonyl (C=O) groups is 1.